The van der Waals surface area contributed by atoms with E-state index in [0.29, 0.717) is 24.3 Å². The second kappa shape index (κ2) is 5.11. The molecule has 2 aromatic heterocycles. The smallest absolute Gasteiger partial charge is 0.137 e. The number of nitrogens with zero attached hydrogens (tertiary/aromatic N) is 2. The van der Waals surface area contributed by atoms with Crippen molar-refractivity contribution in [1.29, 1.82) is 0 Å². The van der Waals surface area contributed by atoms with Crippen molar-refractivity contribution in [3.63, 3.8) is 0 Å². The van der Waals surface area contributed by atoms with Gasteiger partial charge in [0.1, 0.15) is 5.65 Å². The molecule has 3 heteroatoms. The van der Waals surface area contributed by atoms with Crippen LogP contribution in [0.25, 0.3) is 5.65 Å². The molecule has 0 radical (unpaired) electrons. The molecule has 2 rings (SSSR count). The van der Waals surface area contributed by atoms with E-state index >= 15 is 0 Å². The molecule has 3 nitrogen and oxygen atoms in total. The van der Waals surface area contributed by atoms with Crippen LogP contribution in [0.1, 0.15) is 45.0 Å². The van der Waals surface area contributed by atoms with E-state index in [0.717, 1.165) is 11.3 Å². The molecule has 2 N–H and O–H groups in total. The van der Waals surface area contributed by atoms with E-state index in [2.05, 4.69) is 32.1 Å². The highest BCUT2D eigenvalue weighted by Crippen LogP contribution is 2.33. The lowest BCUT2D eigenvalue weighted by Gasteiger charge is -2.24. The Morgan fingerprint density at radius 1 is 1.17 bits per heavy atom. The Balaban J connectivity index is 2.62. The van der Waals surface area contributed by atoms with E-state index in [1.807, 2.05) is 24.4 Å². The van der Waals surface area contributed by atoms with Gasteiger partial charge in [0.15, 0.2) is 0 Å². The van der Waals surface area contributed by atoms with Gasteiger partial charge in [0.2, 0.25) is 0 Å². The fourth-order valence-corrected chi connectivity index (χ4v) is 2.94. The van der Waals surface area contributed by atoms with Crippen molar-refractivity contribution < 1.29 is 0 Å². The quantitative estimate of drug-likeness (QED) is 0.899. The topological polar surface area (TPSA) is 43.3 Å². The van der Waals surface area contributed by atoms with E-state index in [1.165, 1.54) is 5.69 Å². The van der Waals surface area contributed by atoms with Gasteiger partial charge in [-0.05, 0) is 24.0 Å². The van der Waals surface area contributed by atoms with Gasteiger partial charge in [0.05, 0.1) is 11.4 Å². The first-order valence-electron chi connectivity index (χ1n) is 6.72. The number of rotatable bonds is 4. The fraction of sp³-hybridized carbons (Fsp3) is 0.533. The number of imidazole rings is 1. The summed E-state index contributed by atoms with van der Waals surface area (Å²) in [4.78, 5) is 4.81. The lowest BCUT2D eigenvalue weighted by molar-refractivity contribution is 0.378. The van der Waals surface area contributed by atoms with E-state index in [4.69, 9.17) is 10.7 Å². The first-order chi connectivity index (χ1) is 8.56. The zero-order chi connectivity index (χ0) is 13.3. The van der Waals surface area contributed by atoms with Crippen LogP contribution in [0.5, 0.6) is 0 Å². The second-order valence-corrected chi connectivity index (χ2v) is 5.59. The Morgan fingerprint density at radius 2 is 1.83 bits per heavy atom. The summed E-state index contributed by atoms with van der Waals surface area (Å²) in [5, 5.41) is 0. The molecule has 0 atom stereocenters. The Hall–Kier alpha value is -1.35. The van der Waals surface area contributed by atoms with Gasteiger partial charge in [0, 0.05) is 18.7 Å². The maximum absolute atomic E-state index is 5.94. The van der Waals surface area contributed by atoms with Crippen LogP contribution in [0, 0.1) is 11.8 Å². The maximum Gasteiger partial charge on any atom is 0.137 e. The minimum absolute atomic E-state index is 0.462. The standard InChI is InChI=1S/C15H23N3/c1-10(2)14(11(3)4)15-12(9-16)18-8-6-5-7-13(18)17-15/h5-8,10-11,14H,9,16H2,1-4H3. The lowest BCUT2D eigenvalue weighted by Crippen LogP contribution is -2.17. The third-order valence-electron chi connectivity index (χ3n) is 3.61. The van der Waals surface area contributed by atoms with Crippen molar-refractivity contribution in [2.24, 2.45) is 17.6 Å². The van der Waals surface area contributed by atoms with E-state index in [9.17, 15) is 0 Å². The van der Waals surface area contributed by atoms with Crippen molar-refractivity contribution in [2.45, 2.75) is 40.2 Å². The van der Waals surface area contributed by atoms with Gasteiger partial charge in [-0.1, -0.05) is 33.8 Å². The van der Waals surface area contributed by atoms with Crippen LogP contribution in [-0.4, -0.2) is 9.38 Å². The van der Waals surface area contributed by atoms with Crippen molar-refractivity contribution in [3.05, 3.63) is 35.8 Å². The zero-order valence-electron chi connectivity index (χ0n) is 11.7. The van der Waals surface area contributed by atoms with Gasteiger partial charge in [-0.2, -0.15) is 0 Å². The molecule has 2 heterocycles. The molecule has 0 aliphatic heterocycles. The summed E-state index contributed by atoms with van der Waals surface area (Å²) in [5.74, 6) is 1.60. The van der Waals surface area contributed by atoms with E-state index < -0.39 is 0 Å². The normalized spacial score (nSPS) is 12.2. The van der Waals surface area contributed by atoms with Crippen LogP contribution in [0.15, 0.2) is 24.4 Å². The highest BCUT2D eigenvalue weighted by Gasteiger charge is 2.25. The third-order valence-corrected chi connectivity index (χ3v) is 3.61. The van der Waals surface area contributed by atoms with Crippen LogP contribution in [0.4, 0.5) is 0 Å². The minimum Gasteiger partial charge on any atom is -0.325 e. The van der Waals surface area contributed by atoms with E-state index in [1.54, 1.807) is 0 Å². The van der Waals surface area contributed by atoms with Crippen molar-refractivity contribution in [2.75, 3.05) is 0 Å². The summed E-state index contributed by atoms with van der Waals surface area (Å²) < 4.78 is 2.12. The second-order valence-electron chi connectivity index (χ2n) is 5.59. The largest absolute Gasteiger partial charge is 0.325 e. The average molecular weight is 245 g/mol. The maximum atomic E-state index is 5.94. The number of hydrogen-bond acceptors (Lipinski definition) is 2. The summed E-state index contributed by atoms with van der Waals surface area (Å²) in [6.45, 7) is 9.57. The molecule has 0 saturated carbocycles. The first kappa shape index (κ1) is 13.1. The van der Waals surface area contributed by atoms with Crippen LogP contribution >= 0.6 is 0 Å². The number of aromatic nitrogens is 2. The van der Waals surface area contributed by atoms with Crippen molar-refractivity contribution >= 4 is 5.65 Å². The number of hydrogen-bond donors (Lipinski definition) is 1. The van der Waals surface area contributed by atoms with Crippen LogP contribution < -0.4 is 5.73 Å². The molecule has 0 aromatic carbocycles. The summed E-state index contributed by atoms with van der Waals surface area (Å²) in [5.41, 5.74) is 9.26. The molecule has 0 spiro atoms. The molecule has 0 amide bonds. The number of fused-ring (bicyclic) bond motifs is 1. The Morgan fingerprint density at radius 3 is 2.39 bits per heavy atom. The fourth-order valence-electron chi connectivity index (χ4n) is 2.94. The number of pyridine rings is 1. The van der Waals surface area contributed by atoms with Gasteiger partial charge in [-0.3, -0.25) is 0 Å². The molecular formula is C15H23N3. The van der Waals surface area contributed by atoms with Crippen LogP contribution in [0.2, 0.25) is 0 Å². The first-order valence-corrected chi connectivity index (χ1v) is 6.72. The molecule has 18 heavy (non-hydrogen) atoms. The number of nitrogens with two attached hydrogens (primary N) is 1. The Labute approximate surface area is 109 Å². The van der Waals surface area contributed by atoms with Crippen LogP contribution in [-0.2, 0) is 6.54 Å². The molecule has 0 aliphatic rings. The molecule has 0 saturated heterocycles. The summed E-state index contributed by atoms with van der Waals surface area (Å²) in [6, 6.07) is 6.09. The van der Waals surface area contributed by atoms with Gasteiger partial charge in [-0.25, -0.2) is 4.98 Å². The SMILES string of the molecule is CC(C)C(c1nc2ccccn2c1CN)C(C)C. The minimum atomic E-state index is 0.462. The van der Waals surface area contributed by atoms with Crippen molar-refractivity contribution in [3.8, 4) is 0 Å². The Bertz CT molecular complexity index is 518. The molecular weight excluding hydrogens is 222 g/mol. The van der Waals surface area contributed by atoms with Crippen LogP contribution in [0.3, 0.4) is 0 Å². The summed E-state index contributed by atoms with van der Waals surface area (Å²) >= 11 is 0. The van der Waals surface area contributed by atoms with Gasteiger partial charge in [-0.15, -0.1) is 0 Å². The zero-order valence-corrected chi connectivity index (χ0v) is 11.7. The molecule has 0 bridgehead atoms. The third kappa shape index (κ3) is 2.15. The van der Waals surface area contributed by atoms with Gasteiger partial charge >= 0.3 is 0 Å². The highest BCUT2D eigenvalue weighted by molar-refractivity contribution is 5.44. The lowest BCUT2D eigenvalue weighted by atomic mass is 9.82. The van der Waals surface area contributed by atoms with Crippen molar-refractivity contribution in [1.82, 2.24) is 9.38 Å². The molecule has 0 fully saturated rings. The van der Waals surface area contributed by atoms with Gasteiger partial charge < -0.3 is 10.1 Å². The molecule has 0 unspecified atom stereocenters. The summed E-state index contributed by atoms with van der Waals surface area (Å²) in [6.07, 6.45) is 2.05. The summed E-state index contributed by atoms with van der Waals surface area (Å²) in [7, 11) is 0. The monoisotopic (exact) mass is 245 g/mol. The molecule has 2 aromatic rings. The average Bonchev–Trinajstić information content (AvgIpc) is 2.65. The molecule has 98 valence electrons. The molecule has 0 aliphatic carbocycles. The Kier molecular flexibility index (Phi) is 3.71. The van der Waals surface area contributed by atoms with Gasteiger partial charge in [0.25, 0.3) is 0 Å². The predicted molar refractivity (Wildman–Crippen MR) is 75.5 cm³/mol. The van der Waals surface area contributed by atoms with E-state index in [-0.39, 0.29) is 0 Å². The predicted octanol–water partition coefficient (Wildman–Crippen LogP) is 3.19. The highest BCUT2D eigenvalue weighted by atomic mass is 15.0.